The van der Waals surface area contributed by atoms with Gasteiger partial charge in [0, 0.05) is 12.8 Å². The first-order valence-electron chi connectivity index (χ1n) is 28.1. The number of rotatable bonds is 45. The molecule has 11 heteroatoms. The van der Waals surface area contributed by atoms with Crippen LogP contribution in [0, 0.1) is 0 Å². The molecular weight excluding hydrogens is 859 g/mol. The highest BCUT2D eigenvalue weighted by Crippen LogP contribution is 2.32. The van der Waals surface area contributed by atoms with Crippen LogP contribution in [-0.4, -0.2) is 87.0 Å². The first-order chi connectivity index (χ1) is 33.1. The van der Waals surface area contributed by atoms with Gasteiger partial charge in [-0.3, -0.25) is 14.4 Å². The van der Waals surface area contributed by atoms with Gasteiger partial charge in [-0.1, -0.05) is 237 Å². The molecule has 0 aromatic heterocycles. The van der Waals surface area contributed by atoms with Crippen molar-refractivity contribution in [1.82, 2.24) is 5.32 Å². The van der Waals surface area contributed by atoms with E-state index in [1.54, 1.807) is 0 Å². The molecule has 1 aliphatic heterocycles. The lowest BCUT2D eigenvalue weighted by Gasteiger charge is -2.47. The summed E-state index contributed by atoms with van der Waals surface area (Å²) in [6.07, 6.45) is 30.2. The van der Waals surface area contributed by atoms with Gasteiger partial charge in [0.2, 0.25) is 5.91 Å². The van der Waals surface area contributed by atoms with Crippen molar-refractivity contribution in [2.24, 2.45) is 0 Å². The summed E-state index contributed by atoms with van der Waals surface area (Å²) in [7, 11) is 0. The molecule has 11 nitrogen and oxygen atoms in total. The lowest BCUT2D eigenvalue weighted by molar-refractivity contribution is -0.302. The number of carbonyl (C=O) groups is 3. The maximum absolute atomic E-state index is 14.3. The monoisotopic (exact) mass is 960 g/mol. The van der Waals surface area contributed by atoms with Crippen LogP contribution in [-0.2, 0) is 35.2 Å². The van der Waals surface area contributed by atoms with Gasteiger partial charge in [-0.2, -0.15) is 0 Å². The van der Waals surface area contributed by atoms with E-state index in [-0.39, 0.29) is 31.8 Å². The number of hydrogen-bond donors (Lipinski definition) is 5. The highest BCUT2D eigenvalue weighted by molar-refractivity contribution is 5.88. The van der Waals surface area contributed by atoms with Crippen LogP contribution in [0.3, 0.4) is 0 Å². The number of carbonyl (C=O) groups excluding carboxylic acids is 3. The van der Waals surface area contributed by atoms with Crippen LogP contribution in [0.15, 0.2) is 30.3 Å². The second-order valence-corrected chi connectivity index (χ2v) is 20.2. The SMILES string of the molecule is CCCCCCCCCCCCCCCC(=O)O[C@H](CCCCCCCCCCC)CC(=O)N[C@@H]1[C@@H](O)[C@H](O)[C@@H](CO)O[C@@]1(O)C(=O)C[C@@H](CCCCCCCCCCC)OCc1ccccc1. The predicted molar refractivity (Wildman–Crippen MR) is 274 cm³/mol. The molecule has 1 heterocycles. The Kier molecular flexibility index (Phi) is 36.5. The Bertz CT molecular complexity index is 1380. The van der Waals surface area contributed by atoms with Crippen molar-refractivity contribution < 1.29 is 49.0 Å². The zero-order chi connectivity index (χ0) is 49.5. The molecule has 0 spiro atoms. The van der Waals surface area contributed by atoms with Crippen molar-refractivity contribution in [3.05, 3.63) is 35.9 Å². The second kappa shape index (κ2) is 40.2. The first-order valence-corrected chi connectivity index (χ1v) is 28.1. The molecule has 0 bridgehead atoms. The molecule has 1 fully saturated rings. The van der Waals surface area contributed by atoms with E-state index < -0.39 is 60.6 Å². The molecule has 5 N–H and O–H groups in total. The summed E-state index contributed by atoms with van der Waals surface area (Å²) in [4.78, 5) is 41.4. The van der Waals surface area contributed by atoms with Crippen molar-refractivity contribution in [3.63, 3.8) is 0 Å². The molecule has 0 aliphatic carbocycles. The third kappa shape index (κ3) is 27.8. The molecule has 0 radical (unpaired) electrons. The van der Waals surface area contributed by atoms with Gasteiger partial charge in [-0.15, -0.1) is 0 Å². The van der Waals surface area contributed by atoms with Crippen molar-refractivity contribution in [1.29, 1.82) is 0 Å². The van der Waals surface area contributed by atoms with Crippen LogP contribution >= 0.6 is 0 Å². The third-order valence-corrected chi connectivity index (χ3v) is 13.9. The molecule has 394 valence electrons. The summed E-state index contributed by atoms with van der Waals surface area (Å²) in [5.41, 5.74) is 0.927. The maximum atomic E-state index is 14.3. The topological polar surface area (TPSA) is 172 Å². The lowest BCUT2D eigenvalue weighted by Crippen LogP contribution is -2.73. The first kappa shape index (κ1) is 61.7. The Labute approximate surface area is 414 Å². The Morgan fingerprint density at radius 2 is 1.01 bits per heavy atom. The minimum absolute atomic E-state index is 0.245. The van der Waals surface area contributed by atoms with Crippen LogP contribution in [0.5, 0.6) is 0 Å². The number of Topliss-reactive ketones (excluding diaryl/α,β-unsaturated/α-hetero) is 1. The van der Waals surface area contributed by atoms with Gasteiger partial charge in [0.15, 0.2) is 5.78 Å². The van der Waals surface area contributed by atoms with E-state index in [4.69, 9.17) is 14.2 Å². The minimum Gasteiger partial charge on any atom is -0.462 e. The standard InChI is InChI=1S/C57H101NO10/c1-4-7-10-13-16-19-20-21-22-25-28-31-37-42-53(62)67-49(41-36-30-27-24-18-15-12-9-6-3)44-52(61)58-56-55(64)54(63)50(45-59)68-57(56,65)51(60)43-48(66-46-47-38-33-32-34-39-47)40-35-29-26-23-17-14-11-8-5-2/h32-34,38-39,48-50,54-56,59,63-65H,4-31,35-37,40-46H2,1-3H3,(H,58,61)/t48-,49-,50-,54-,55+,56-,57+/m1/s1. The number of aliphatic hydroxyl groups excluding tert-OH is 3. The molecule has 1 amide bonds. The second-order valence-electron chi connectivity index (χ2n) is 20.2. The van der Waals surface area contributed by atoms with E-state index in [0.717, 1.165) is 76.2 Å². The summed E-state index contributed by atoms with van der Waals surface area (Å²) in [6.45, 7) is 6.13. The van der Waals surface area contributed by atoms with Gasteiger partial charge in [0.1, 0.15) is 30.5 Å². The summed E-state index contributed by atoms with van der Waals surface area (Å²) in [5.74, 6) is -4.65. The maximum Gasteiger partial charge on any atom is 0.306 e. The summed E-state index contributed by atoms with van der Waals surface area (Å²) < 4.78 is 18.0. The number of esters is 1. The van der Waals surface area contributed by atoms with Gasteiger partial charge < -0.3 is 40.0 Å². The number of unbranched alkanes of at least 4 members (excludes halogenated alkanes) is 28. The quantitative estimate of drug-likeness (QED) is 0.0313. The van der Waals surface area contributed by atoms with Crippen molar-refractivity contribution in [2.45, 2.75) is 301 Å². The molecule has 1 aromatic carbocycles. The highest BCUT2D eigenvalue weighted by atomic mass is 16.7. The number of hydrogen-bond acceptors (Lipinski definition) is 10. The van der Waals surface area contributed by atoms with Crippen LogP contribution in [0.4, 0.5) is 0 Å². The molecule has 2 rings (SSSR count). The Morgan fingerprint density at radius 3 is 1.47 bits per heavy atom. The van der Waals surface area contributed by atoms with Gasteiger partial charge in [-0.05, 0) is 31.2 Å². The Hall–Kier alpha value is -2.41. The van der Waals surface area contributed by atoms with Crippen LogP contribution < -0.4 is 5.32 Å². The fraction of sp³-hybridized carbons (Fsp3) is 0.842. The van der Waals surface area contributed by atoms with E-state index in [0.29, 0.717) is 19.3 Å². The van der Waals surface area contributed by atoms with Crippen molar-refractivity contribution in [3.8, 4) is 0 Å². The van der Waals surface area contributed by atoms with E-state index in [1.165, 1.54) is 122 Å². The molecule has 1 aromatic rings. The molecule has 0 saturated carbocycles. The third-order valence-electron chi connectivity index (χ3n) is 13.9. The molecular formula is C57H101NO10. The van der Waals surface area contributed by atoms with E-state index in [9.17, 15) is 34.8 Å². The molecule has 1 saturated heterocycles. The molecule has 0 unspecified atom stereocenters. The van der Waals surface area contributed by atoms with Gasteiger partial charge in [-0.25, -0.2) is 0 Å². The van der Waals surface area contributed by atoms with E-state index in [1.807, 2.05) is 30.3 Å². The number of benzene rings is 1. The number of amides is 1. The number of nitrogens with one attached hydrogen (secondary N) is 1. The van der Waals surface area contributed by atoms with Gasteiger partial charge >= 0.3 is 5.97 Å². The van der Waals surface area contributed by atoms with Crippen molar-refractivity contribution in [2.75, 3.05) is 6.61 Å². The average molecular weight is 960 g/mol. The fourth-order valence-electron chi connectivity index (χ4n) is 9.51. The zero-order valence-electron chi connectivity index (χ0n) is 43.5. The molecule has 7 atom stereocenters. The van der Waals surface area contributed by atoms with E-state index >= 15 is 0 Å². The average Bonchev–Trinajstić information content (AvgIpc) is 3.33. The fourth-order valence-corrected chi connectivity index (χ4v) is 9.51. The number of ketones is 1. The molecule has 1 aliphatic rings. The normalized spacial score (nSPS) is 20.3. The number of aliphatic hydroxyl groups is 4. The number of ether oxygens (including phenoxy) is 3. The van der Waals surface area contributed by atoms with Crippen LogP contribution in [0.1, 0.15) is 257 Å². The zero-order valence-corrected chi connectivity index (χ0v) is 43.5. The predicted octanol–water partition coefficient (Wildman–Crippen LogP) is 12.4. The van der Waals surface area contributed by atoms with Gasteiger partial charge in [0.25, 0.3) is 5.79 Å². The van der Waals surface area contributed by atoms with Gasteiger partial charge in [0.05, 0.1) is 25.7 Å². The Morgan fingerprint density at radius 1 is 0.588 bits per heavy atom. The van der Waals surface area contributed by atoms with E-state index in [2.05, 4.69) is 26.1 Å². The molecule has 68 heavy (non-hydrogen) atoms. The summed E-state index contributed by atoms with van der Waals surface area (Å²) in [5, 5.41) is 47.1. The largest absolute Gasteiger partial charge is 0.462 e. The summed E-state index contributed by atoms with van der Waals surface area (Å²) in [6, 6.07) is 7.84. The van der Waals surface area contributed by atoms with Crippen LogP contribution in [0.2, 0.25) is 0 Å². The van der Waals surface area contributed by atoms with Crippen LogP contribution in [0.25, 0.3) is 0 Å². The summed E-state index contributed by atoms with van der Waals surface area (Å²) >= 11 is 0. The van der Waals surface area contributed by atoms with Crippen molar-refractivity contribution >= 4 is 17.7 Å². The lowest BCUT2D eigenvalue weighted by atomic mass is 9.85. The highest BCUT2D eigenvalue weighted by Gasteiger charge is 2.58. The Balaban J connectivity index is 2.08. The minimum atomic E-state index is -2.79. The smallest absolute Gasteiger partial charge is 0.306 e.